The zero-order chi connectivity index (χ0) is 27.3. The van der Waals surface area contributed by atoms with E-state index in [1.807, 2.05) is 0 Å². The van der Waals surface area contributed by atoms with Crippen LogP contribution in [-0.2, 0) is 24.3 Å². The van der Waals surface area contributed by atoms with Crippen LogP contribution < -0.4 is 14.8 Å². The number of alkyl halides is 6. The largest absolute Gasteiger partial charge is 0.573 e. The van der Waals surface area contributed by atoms with E-state index in [2.05, 4.69) is 24.8 Å². The number of hydrogen-bond donors (Lipinski definition) is 1. The molecule has 0 radical (unpaired) electrons. The molecule has 0 aliphatic rings. The minimum absolute atomic E-state index is 0.0664. The summed E-state index contributed by atoms with van der Waals surface area (Å²) in [6.07, 6.45) is -7.67. The number of fused-ring (bicyclic) bond motifs is 1. The van der Waals surface area contributed by atoms with Crippen molar-refractivity contribution >= 4 is 17.1 Å². The predicted octanol–water partition coefficient (Wildman–Crippen LogP) is 5.53. The SMILES string of the molecule is O=C(CCc1nc2cccnc2n1Cc1ccc(OC(F)(F)F)cc1)NCc1ccc(OC(F)(F)F)cc1. The Hall–Kier alpha value is -4.29. The third kappa shape index (κ3) is 7.60. The first kappa shape index (κ1) is 26.8. The number of halogens is 6. The first-order valence-corrected chi connectivity index (χ1v) is 11.2. The van der Waals surface area contributed by atoms with Gasteiger partial charge in [0.15, 0.2) is 5.65 Å². The van der Waals surface area contributed by atoms with Crippen LogP contribution in [0.25, 0.3) is 11.2 Å². The molecule has 0 fully saturated rings. The van der Waals surface area contributed by atoms with Crippen LogP contribution >= 0.6 is 0 Å². The van der Waals surface area contributed by atoms with E-state index in [-0.39, 0.29) is 43.3 Å². The fourth-order valence-electron chi connectivity index (χ4n) is 3.66. The highest BCUT2D eigenvalue weighted by Crippen LogP contribution is 2.25. The molecule has 13 heteroatoms. The fraction of sp³-hybridized carbons (Fsp3) is 0.240. The minimum Gasteiger partial charge on any atom is -0.406 e. The number of nitrogens with one attached hydrogen (secondary N) is 1. The number of ether oxygens (including phenoxy) is 2. The van der Waals surface area contributed by atoms with Gasteiger partial charge in [0.1, 0.15) is 22.8 Å². The summed E-state index contributed by atoms with van der Waals surface area (Å²) < 4.78 is 83.6. The summed E-state index contributed by atoms with van der Waals surface area (Å²) in [5.41, 5.74) is 2.41. The summed E-state index contributed by atoms with van der Waals surface area (Å²) in [4.78, 5) is 21.3. The number of hydrogen-bond acceptors (Lipinski definition) is 5. The second-order valence-electron chi connectivity index (χ2n) is 8.12. The highest BCUT2D eigenvalue weighted by Gasteiger charge is 2.31. The monoisotopic (exact) mass is 538 g/mol. The van der Waals surface area contributed by atoms with E-state index in [0.717, 1.165) is 12.1 Å². The maximum Gasteiger partial charge on any atom is 0.573 e. The Bertz CT molecular complexity index is 1380. The van der Waals surface area contributed by atoms with Gasteiger partial charge in [0.25, 0.3) is 0 Å². The number of carbonyl (C=O) groups excluding carboxylic acids is 1. The lowest BCUT2D eigenvalue weighted by Gasteiger charge is -2.12. The van der Waals surface area contributed by atoms with E-state index in [0.29, 0.717) is 28.1 Å². The summed E-state index contributed by atoms with van der Waals surface area (Å²) in [5, 5.41) is 2.70. The first-order valence-electron chi connectivity index (χ1n) is 11.2. The van der Waals surface area contributed by atoms with Gasteiger partial charge in [-0.2, -0.15) is 0 Å². The lowest BCUT2D eigenvalue weighted by Crippen LogP contribution is -2.23. The smallest absolute Gasteiger partial charge is 0.406 e. The zero-order valence-electron chi connectivity index (χ0n) is 19.5. The van der Waals surface area contributed by atoms with Crippen molar-refractivity contribution in [1.29, 1.82) is 0 Å². The van der Waals surface area contributed by atoms with Gasteiger partial charge in [0, 0.05) is 25.6 Å². The predicted molar refractivity (Wildman–Crippen MR) is 123 cm³/mol. The second-order valence-corrected chi connectivity index (χ2v) is 8.12. The van der Waals surface area contributed by atoms with Crippen molar-refractivity contribution in [3.8, 4) is 11.5 Å². The quantitative estimate of drug-likeness (QED) is 0.284. The van der Waals surface area contributed by atoms with Gasteiger partial charge in [0.05, 0.1) is 6.54 Å². The molecule has 200 valence electrons. The van der Waals surface area contributed by atoms with Gasteiger partial charge < -0.3 is 19.4 Å². The van der Waals surface area contributed by atoms with Crippen LogP contribution in [-0.4, -0.2) is 33.2 Å². The average molecular weight is 538 g/mol. The number of benzene rings is 2. The molecule has 38 heavy (non-hydrogen) atoms. The molecule has 0 saturated heterocycles. The number of aryl methyl sites for hydroxylation is 1. The molecule has 1 amide bonds. The Morgan fingerprint density at radius 3 is 2.00 bits per heavy atom. The highest BCUT2D eigenvalue weighted by atomic mass is 19.4. The Morgan fingerprint density at radius 1 is 0.842 bits per heavy atom. The van der Waals surface area contributed by atoms with E-state index in [4.69, 9.17) is 0 Å². The third-order valence-corrected chi connectivity index (χ3v) is 5.30. The van der Waals surface area contributed by atoms with Crippen molar-refractivity contribution < 1.29 is 40.6 Å². The molecule has 0 aliphatic heterocycles. The van der Waals surface area contributed by atoms with Crippen molar-refractivity contribution in [2.24, 2.45) is 0 Å². The van der Waals surface area contributed by atoms with Crippen molar-refractivity contribution in [3.05, 3.63) is 83.8 Å². The Labute approximate surface area is 212 Å². The Kier molecular flexibility index (Phi) is 7.74. The molecule has 4 aromatic rings. The lowest BCUT2D eigenvalue weighted by atomic mass is 10.2. The van der Waals surface area contributed by atoms with Crippen LogP contribution in [0.2, 0.25) is 0 Å². The maximum atomic E-state index is 12.4. The number of rotatable bonds is 9. The number of carbonyl (C=O) groups is 1. The molecule has 0 saturated carbocycles. The Balaban J connectivity index is 1.38. The number of aromatic nitrogens is 3. The molecular formula is C25H20F6N4O3. The number of imidazole rings is 1. The van der Waals surface area contributed by atoms with Gasteiger partial charge in [0.2, 0.25) is 5.91 Å². The van der Waals surface area contributed by atoms with Gasteiger partial charge in [-0.05, 0) is 47.5 Å². The van der Waals surface area contributed by atoms with Gasteiger partial charge in [-0.25, -0.2) is 9.97 Å². The number of nitrogens with zero attached hydrogens (tertiary/aromatic N) is 3. The fourth-order valence-corrected chi connectivity index (χ4v) is 3.66. The Morgan fingerprint density at radius 2 is 1.42 bits per heavy atom. The van der Waals surface area contributed by atoms with Crippen LogP contribution in [0.1, 0.15) is 23.4 Å². The molecule has 2 aromatic heterocycles. The molecule has 1 N–H and O–H groups in total. The molecule has 0 unspecified atom stereocenters. The summed E-state index contributed by atoms with van der Waals surface area (Å²) in [6.45, 7) is 0.360. The van der Waals surface area contributed by atoms with E-state index in [9.17, 15) is 31.1 Å². The zero-order valence-corrected chi connectivity index (χ0v) is 19.5. The second kappa shape index (κ2) is 11.0. The van der Waals surface area contributed by atoms with Crippen LogP contribution in [0, 0.1) is 0 Å². The highest BCUT2D eigenvalue weighted by molar-refractivity contribution is 5.76. The van der Waals surface area contributed by atoms with Crippen molar-refractivity contribution in [2.45, 2.75) is 38.7 Å². The summed E-state index contributed by atoms with van der Waals surface area (Å²) >= 11 is 0. The molecule has 2 aromatic carbocycles. The average Bonchev–Trinajstić information content (AvgIpc) is 3.19. The summed E-state index contributed by atoms with van der Waals surface area (Å²) in [6, 6.07) is 14.0. The first-order chi connectivity index (χ1) is 17.9. The third-order valence-electron chi connectivity index (χ3n) is 5.30. The maximum absolute atomic E-state index is 12.4. The standard InChI is InChI=1S/C25H20F6N4O3/c26-24(27,28)37-18-7-3-16(4-8-18)14-33-22(36)12-11-21-34-20-2-1-13-32-23(20)35(21)15-17-5-9-19(10-6-17)38-25(29,30)31/h1-10,13H,11-12,14-15H2,(H,33,36). The van der Waals surface area contributed by atoms with Crippen LogP contribution in [0.3, 0.4) is 0 Å². The molecule has 0 spiro atoms. The molecule has 4 rings (SSSR count). The van der Waals surface area contributed by atoms with Gasteiger partial charge in [-0.1, -0.05) is 24.3 Å². The number of pyridine rings is 1. The van der Waals surface area contributed by atoms with Crippen molar-refractivity contribution in [2.75, 3.05) is 0 Å². The lowest BCUT2D eigenvalue weighted by molar-refractivity contribution is -0.275. The van der Waals surface area contributed by atoms with E-state index >= 15 is 0 Å². The van der Waals surface area contributed by atoms with Gasteiger partial charge >= 0.3 is 12.7 Å². The van der Waals surface area contributed by atoms with Crippen LogP contribution in [0.15, 0.2) is 66.9 Å². The molecule has 7 nitrogen and oxygen atoms in total. The minimum atomic E-state index is -4.79. The molecule has 0 bridgehead atoms. The van der Waals surface area contributed by atoms with Crippen molar-refractivity contribution in [1.82, 2.24) is 19.9 Å². The van der Waals surface area contributed by atoms with Crippen LogP contribution in [0.5, 0.6) is 11.5 Å². The normalized spacial score (nSPS) is 11.9. The number of amides is 1. The molecule has 2 heterocycles. The summed E-state index contributed by atoms with van der Waals surface area (Å²) in [5.74, 6) is -0.448. The molecule has 0 aliphatic carbocycles. The molecule has 0 atom stereocenters. The molecular weight excluding hydrogens is 518 g/mol. The summed E-state index contributed by atoms with van der Waals surface area (Å²) in [7, 11) is 0. The topological polar surface area (TPSA) is 78.3 Å². The van der Waals surface area contributed by atoms with Gasteiger partial charge in [-0.15, -0.1) is 26.3 Å². The van der Waals surface area contributed by atoms with Crippen molar-refractivity contribution in [3.63, 3.8) is 0 Å². The van der Waals surface area contributed by atoms with E-state index in [1.165, 1.54) is 36.4 Å². The van der Waals surface area contributed by atoms with E-state index < -0.39 is 12.7 Å². The van der Waals surface area contributed by atoms with Gasteiger partial charge in [-0.3, -0.25) is 4.79 Å². The van der Waals surface area contributed by atoms with E-state index in [1.54, 1.807) is 22.9 Å². The van der Waals surface area contributed by atoms with Crippen LogP contribution in [0.4, 0.5) is 26.3 Å².